The number of aryl methyl sites for hydroxylation is 1. The van der Waals surface area contributed by atoms with Crippen molar-refractivity contribution >= 4 is 5.91 Å². The molecule has 1 saturated heterocycles. The fourth-order valence-electron chi connectivity index (χ4n) is 3.06. The van der Waals surface area contributed by atoms with Crippen molar-refractivity contribution in [3.63, 3.8) is 0 Å². The molecule has 3 heterocycles. The van der Waals surface area contributed by atoms with E-state index in [0.717, 1.165) is 23.8 Å². The highest BCUT2D eigenvalue weighted by Crippen LogP contribution is 2.24. The van der Waals surface area contributed by atoms with Crippen LogP contribution in [0.1, 0.15) is 27.8 Å². The van der Waals surface area contributed by atoms with Gasteiger partial charge in [-0.15, -0.1) is 0 Å². The van der Waals surface area contributed by atoms with E-state index in [1.54, 1.807) is 20.2 Å². The second kappa shape index (κ2) is 6.78. The smallest absolute Gasteiger partial charge is 0.289 e. The van der Waals surface area contributed by atoms with E-state index in [4.69, 9.17) is 8.94 Å². The van der Waals surface area contributed by atoms with Crippen molar-refractivity contribution in [3.8, 4) is 0 Å². The molecular weight excluding hydrogens is 310 g/mol. The van der Waals surface area contributed by atoms with Crippen molar-refractivity contribution in [2.45, 2.75) is 26.0 Å². The highest BCUT2D eigenvalue weighted by molar-refractivity contribution is 5.91. The molecule has 0 aromatic carbocycles. The Morgan fingerprint density at radius 2 is 2.17 bits per heavy atom. The molecule has 1 amide bonds. The molecular formula is C17H23N3O4. The summed E-state index contributed by atoms with van der Waals surface area (Å²) >= 11 is 0. The molecule has 1 aliphatic heterocycles. The highest BCUT2D eigenvalue weighted by atomic mass is 16.5. The standard InChI is InChI=1S/C17H23N3O4/c1-11-6-14(24-18-11)7-12-8-20(10-15(12)21)9-13-4-5-16(23-13)17(22)19(2)3/h4-6,12,15,21H,7-10H2,1-3H3/t12-,15+/m1/s1. The van der Waals surface area contributed by atoms with E-state index >= 15 is 0 Å². The summed E-state index contributed by atoms with van der Waals surface area (Å²) in [7, 11) is 3.38. The number of aliphatic hydroxyl groups excluding tert-OH is 1. The van der Waals surface area contributed by atoms with Crippen molar-refractivity contribution in [2.24, 2.45) is 5.92 Å². The number of hydrogen-bond donors (Lipinski definition) is 1. The fraction of sp³-hybridized carbons (Fsp3) is 0.529. The van der Waals surface area contributed by atoms with Gasteiger partial charge in [-0.05, 0) is 19.1 Å². The lowest BCUT2D eigenvalue weighted by atomic mass is 10.0. The maximum absolute atomic E-state index is 11.9. The van der Waals surface area contributed by atoms with Crippen LogP contribution in [0.5, 0.6) is 0 Å². The van der Waals surface area contributed by atoms with Crippen LogP contribution in [0, 0.1) is 12.8 Å². The van der Waals surface area contributed by atoms with Crippen LogP contribution in [0.2, 0.25) is 0 Å². The Labute approximate surface area is 140 Å². The van der Waals surface area contributed by atoms with Crippen LogP contribution in [0.15, 0.2) is 27.1 Å². The van der Waals surface area contributed by atoms with Crippen LogP contribution in [0.4, 0.5) is 0 Å². The summed E-state index contributed by atoms with van der Waals surface area (Å²) in [6, 6.07) is 5.41. The zero-order valence-corrected chi connectivity index (χ0v) is 14.2. The second-order valence-electron chi connectivity index (χ2n) is 6.63. The quantitative estimate of drug-likeness (QED) is 0.888. The summed E-state index contributed by atoms with van der Waals surface area (Å²) in [6.07, 6.45) is 0.259. The Morgan fingerprint density at radius 3 is 2.83 bits per heavy atom. The maximum atomic E-state index is 11.9. The number of carbonyl (C=O) groups is 1. The molecule has 2 aromatic rings. The molecule has 0 radical (unpaired) electrons. The number of carbonyl (C=O) groups excluding carboxylic acids is 1. The lowest BCUT2D eigenvalue weighted by molar-refractivity contribution is 0.0792. The van der Waals surface area contributed by atoms with Gasteiger partial charge in [0.05, 0.1) is 18.3 Å². The monoisotopic (exact) mass is 333 g/mol. The van der Waals surface area contributed by atoms with Gasteiger partial charge in [-0.2, -0.15) is 0 Å². The number of rotatable bonds is 5. The van der Waals surface area contributed by atoms with E-state index < -0.39 is 6.10 Å². The largest absolute Gasteiger partial charge is 0.455 e. The van der Waals surface area contributed by atoms with Gasteiger partial charge in [0.15, 0.2) is 5.76 Å². The van der Waals surface area contributed by atoms with Gasteiger partial charge in [-0.25, -0.2) is 0 Å². The molecule has 0 unspecified atom stereocenters. The molecule has 2 atom stereocenters. The van der Waals surface area contributed by atoms with Crippen LogP contribution in [0.3, 0.4) is 0 Å². The Hall–Kier alpha value is -2.12. The summed E-state index contributed by atoms with van der Waals surface area (Å²) in [5, 5.41) is 14.2. The minimum Gasteiger partial charge on any atom is -0.455 e. The van der Waals surface area contributed by atoms with Gasteiger partial charge in [-0.3, -0.25) is 9.69 Å². The number of aliphatic hydroxyl groups is 1. The SMILES string of the molecule is Cc1cc(C[C@@H]2CN(Cc3ccc(C(=O)N(C)C)o3)C[C@@H]2O)on1. The first kappa shape index (κ1) is 16.7. The molecule has 0 aliphatic carbocycles. The summed E-state index contributed by atoms with van der Waals surface area (Å²) in [5.74, 6) is 1.82. The molecule has 3 rings (SSSR count). The fourth-order valence-corrected chi connectivity index (χ4v) is 3.06. The molecule has 7 nitrogen and oxygen atoms in total. The molecule has 1 aliphatic rings. The Kier molecular flexibility index (Phi) is 4.73. The maximum Gasteiger partial charge on any atom is 0.289 e. The van der Waals surface area contributed by atoms with E-state index in [1.165, 1.54) is 4.90 Å². The molecule has 0 saturated carbocycles. The van der Waals surface area contributed by atoms with Crippen LogP contribution >= 0.6 is 0 Å². The predicted molar refractivity (Wildman–Crippen MR) is 86.4 cm³/mol. The topological polar surface area (TPSA) is 83.0 Å². The average molecular weight is 333 g/mol. The molecule has 0 spiro atoms. The van der Waals surface area contributed by atoms with Crippen LogP contribution in [-0.4, -0.2) is 59.3 Å². The van der Waals surface area contributed by atoms with Crippen molar-refractivity contribution in [2.75, 3.05) is 27.2 Å². The average Bonchev–Trinajstić information content (AvgIpc) is 3.22. The lowest BCUT2D eigenvalue weighted by Crippen LogP contribution is -2.22. The molecule has 130 valence electrons. The molecule has 1 fully saturated rings. The molecule has 1 N–H and O–H groups in total. The van der Waals surface area contributed by atoms with E-state index in [2.05, 4.69) is 10.1 Å². The minimum atomic E-state index is -0.409. The Balaban J connectivity index is 1.58. The number of likely N-dealkylation sites (tertiary alicyclic amines) is 1. The summed E-state index contributed by atoms with van der Waals surface area (Å²) in [5.41, 5.74) is 0.850. The first-order valence-electron chi connectivity index (χ1n) is 8.05. The van der Waals surface area contributed by atoms with Crippen molar-refractivity contribution in [1.29, 1.82) is 0 Å². The van der Waals surface area contributed by atoms with E-state index in [-0.39, 0.29) is 11.8 Å². The predicted octanol–water partition coefficient (Wildman–Crippen LogP) is 1.31. The van der Waals surface area contributed by atoms with Gasteiger partial charge < -0.3 is 18.9 Å². The van der Waals surface area contributed by atoms with E-state index in [1.807, 2.05) is 19.1 Å². The van der Waals surface area contributed by atoms with E-state index in [9.17, 15) is 9.90 Å². The third-order valence-corrected chi connectivity index (χ3v) is 4.28. The van der Waals surface area contributed by atoms with Gasteiger partial charge in [0.1, 0.15) is 11.5 Å². The van der Waals surface area contributed by atoms with Crippen molar-refractivity contribution in [1.82, 2.24) is 15.0 Å². The van der Waals surface area contributed by atoms with Gasteiger partial charge in [0.25, 0.3) is 5.91 Å². The number of hydrogen-bond acceptors (Lipinski definition) is 6. The third-order valence-electron chi connectivity index (χ3n) is 4.28. The summed E-state index contributed by atoms with van der Waals surface area (Å²) in [6.45, 7) is 3.78. The van der Waals surface area contributed by atoms with Crippen LogP contribution < -0.4 is 0 Å². The summed E-state index contributed by atoms with van der Waals surface area (Å²) < 4.78 is 10.9. The number of nitrogens with zero attached hydrogens (tertiary/aromatic N) is 3. The normalized spacial score (nSPS) is 21.3. The number of furan rings is 1. The Morgan fingerprint density at radius 1 is 1.38 bits per heavy atom. The molecule has 2 aromatic heterocycles. The third kappa shape index (κ3) is 3.68. The summed E-state index contributed by atoms with van der Waals surface area (Å²) in [4.78, 5) is 15.5. The second-order valence-corrected chi connectivity index (χ2v) is 6.63. The van der Waals surface area contributed by atoms with Crippen molar-refractivity contribution in [3.05, 3.63) is 41.2 Å². The lowest BCUT2D eigenvalue weighted by Gasteiger charge is -2.13. The zero-order chi connectivity index (χ0) is 17.3. The zero-order valence-electron chi connectivity index (χ0n) is 14.2. The van der Waals surface area contributed by atoms with Crippen LogP contribution in [0.25, 0.3) is 0 Å². The van der Waals surface area contributed by atoms with Crippen molar-refractivity contribution < 1.29 is 18.8 Å². The van der Waals surface area contributed by atoms with Gasteiger partial charge in [-0.1, -0.05) is 5.16 Å². The Bertz CT molecular complexity index is 706. The number of aromatic nitrogens is 1. The minimum absolute atomic E-state index is 0.107. The first-order valence-corrected chi connectivity index (χ1v) is 8.05. The number of β-amino-alcohol motifs (C(OH)–C–C–N with tert-alkyl or cyclic N) is 1. The molecule has 24 heavy (non-hydrogen) atoms. The van der Waals surface area contributed by atoms with Gasteiger partial charge in [0.2, 0.25) is 0 Å². The van der Waals surface area contributed by atoms with Crippen LogP contribution in [-0.2, 0) is 13.0 Å². The van der Waals surface area contributed by atoms with Gasteiger partial charge in [0, 0.05) is 45.6 Å². The molecule has 0 bridgehead atoms. The highest BCUT2D eigenvalue weighted by Gasteiger charge is 2.32. The van der Waals surface area contributed by atoms with E-state index in [0.29, 0.717) is 25.3 Å². The first-order chi connectivity index (χ1) is 11.4. The van der Waals surface area contributed by atoms with Gasteiger partial charge >= 0.3 is 0 Å². The molecule has 7 heteroatoms. The number of amides is 1.